The molecular weight excluding hydrogens is 246 g/mol. The number of carbonyl (C=O) groups excluding carboxylic acids is 1. The molecule has 0 aliphatic carbocycles. The van der Waals surface area contributed by atoms with Crippen LogP contribution in [-0.2, 0) is 15.9 Å². The number of nitrogen functional groups attached to an aromatic ring is 1. The first-order valence-electron chi connectivity index (χ1n) is 6.59. The summed E-state index contributed by atoms with van der Waals surface area (Å²) >= 11 is 0. The van der Waals surface area contributed by atoms with E-state index in [9.17, 15) is 4.79 Å². The molecule has 0 fully saturated rings. The zero-order chi connectivity index (χ0) is 14.4. The van der Waals surface area contributed by atoms with Gasteiger partial charge in [0.05, 0.1) is 6.61 Å². The van der Waals surface area contributed by atoms with Crippen LogP contribution in [0.15, 0.2) is 0 Å². The standard InChI is InChI=1S/C13H23N3O3/c1-5-10-15-11(13(17)19-6-2)12(14)16(10)9(3)7-8-18-4/h9H,5-8,14H2,1-4H3. The summed E-state index contributed by atoms with van der Waals surface area (Å²) in [5.41, 5.74) is 6.25. The van der Waals surface area contributed by atoms with Crippen LogP contribution in [0.1, 0.15) is 49.5 Å². The number of imidazole rings is 1. The Hall–Kier alpha value is -1.56. The zero-order valence-corrected chi connectivity index (χ0v) is 12.1. The van der Waals surface area contributed by atoms with E-state index in [0.717, 1.165) is 12.2 Å². The average molecular weight is 269 g/mol. The number of nitrogens with zero attached hydrogens (tertiary/aromatic N) is 2. The number of esters is 1. The van der Waals surface area contributed by atoms with Crippen molar-refractivity contribution in [2.45, 2.75) is 39.7 Å². The fraction of sp³-hybridized carbons (Fsp3) is 0.692. The molecule has 0 amide bonds. The third-order valence-electron chi connectivity index (χ3n) is 2.99. The Morgan fingerprint density at radius 1 is 1.47 bits per heavy atom. The van der Waals surface area contributed by atoms with Crippen LogP contribution in [0.5, 0.6) is 0 Å². The highest BCUT2D eigenvalue weighted by Gasteiger charge is 2.23. The van der Waals surface area contributed by atoms with E-state index in [1.54, 1.807) is 14.0 Å². The summed E-state index contributed by atoms with van der Waals surface area (Å²) < 4.78 is 11.9. The molecule has 0 radical (unpaired) electrons. The predicted molar refractivity (Wildman–Crippen MR) is 73.2 cm³/mol. The number of hydrogen-bond donors (Lipinski definition) is 1. The topological polar surface area (TPSA) is 79.4 Å². The van der Waals surface area contributed by atoms with Gasteiger partial charge in [-0.1, -0.05) is 6.92 Å². The van der Waals surface area contributed by atoms with Gasteiger partial charge in [-0.3, -0.25) is 0 Å². The summed E-state index contributed by atoms with van der Waals surface area (Å²) in [6.45, 7) is 6.72. The summed E-state index contributed by atoms with van der Waals surface area (Å²) in [6.07, 6.45) is 1.52. The maximum absolute atomic E-state index is 11.8. The summed E-state index contributed by atoms with van der Waals surface area (Å²) in [5, 5.41) is 0. The second kappa shape index (κ2) is 7.13. The molecule has 0 aromatic carbocycles. The van der Waals surface area contributed by atoms with Gasteiger partial charge in [0.15, 0.2) is 5.69 Å². The normalized spacial score (nSPS) is 12.4. The molecule has 6 nitrogen and oxygen atoms in total. The van der Waals surface area contributed by atoms with Gasteiger partial charge >= 0.3 is 5.97 Å². The fourth-order valence-corrected chi connectivity index (χ4v) is 2.00. The van der Waals surface area contributed by atoms with Crippen LogP contribution >= 0.6 is 0 Å². The van der Waals surface area contributed by atoms with Crippen molar-refractivity contribution in [2.75, 3.05) is 26.1 Å². The lowest BCUT2D eigenvalue weighted by Crippen LogP contribution is -2.14. The Labute approximate surface area is 113 Å². The van der Waals surface area contributed by atoms with Gasteiger partial charge in [-0.2, -0.15) is 0 Å². The van der Waals surface area contributed by atoms with Gasteiger partial charge in [0.2, 0.25) is 0 Å². The predicted octanol–water partition coefficient (Wildman–Crippen LogP) is 1.80. The maximum atomic E-state index is 11.8. The average Bonchev–Trinajstić information content (AvgIpc) is 2.73. The molecule has 0 spiro atoms. The van der Waals surface area contributed by atoms with Gasteiger partial charge in [0.25, 0.3) is 0 Å². The van der Waals surface area contributed by atoms with Crippen molar-refractivity contribution >= 4 is 11.8 Å². The van der Waals surface area contributed by atoms with Crippen LogP contribution in [-0.4, -0.2) is 35.8 Å². The van der Waals surface area contributed by atoms with Crippen LogP contribution in [0, 0.1) is 0 Å². The Morgan fingerprint density at radius 3 is 2.68 bits per heavy atom. The minimum atomic E-state index is -0.465. The molecule has 6 heteroatoms. The van der Waals surface area contributed by atoms with Crippen molar-refractivity contribution in [1.29, 1.82) is 0 Å². The second-order valence-corrected chi connectivity index (χ2v) is 4.34. The number of aromatic nitrogens is 2. The third-order valence-corrected chi connectivity index (χ3v) is 2.99. The van der Waals surface area contributed by atoms with Gasteiger partial charge in [-0.05, 0) is 20.3 Å². The fourth-order valence-electron chi connectivity index (χ4n) is 2.00. The Bertz CT molecular complexity index is 429. The highest BCUT2D eigenvalue weighted by molar-refractivity contribution is 5.92. The molecular formula is C13H23N3O3. The number of anilines is 1. The number of rotatable bonds is 7. The molecule has 0 bridgehead atoms. The van der Waals surface area contributed by atoms with Crippen LogP contribution in [0.3, 0.4) is 0 Å². The number of ether oxygens (including phenoxy) is 2. The number of aryl methyl sites for hydroxylation is 1. The van der Waals surface area contributed by atoms with E-state index in [1.807, 2.05) is 18.4 Å². The largest absolute Gasteiger partial charge is 0.461 e. The van der Waals surface area contributed by atoms with Crippen molar-refractivity contribution in [3.63, 3.8) is 0 Å². The van der Waals surface area contributed by atoms with E-state index in [4.69, 9.17) is 15.2 Å². The van der Waals surface area contributed by atoms with Crippen LogP contribution in [0.25, 0.3) is 0 Å². The summed E-state index contributed by atoms with van der Waals surface area (Å²) in [4.78, 5) is 16.1. The number of carbonyl (C=O) groups is 1. The lowest BCUT2D eigenvalue weighted by atomic mass is 10.2. The SMILES string of the molecule is CCOC(=O)c1nc(CC)n(C(C)CCOC)c1N. The molecule has 1 aromatic heterocycles. The van der Waals surface area contributed by atoms with E-state index < -0.39 is 5.97 Å². The first-order valence-corrected chi connectivity index (χ1v) is 6.59. The van der Waals surface area contributed by atoms with Crippen molar-refractivity contribution in [3.8, 4) is 0 Å². The van der Waals surface area contributed by atoms with Crippen molar-refractivity contribution < 1.29 is 14.3 Å². The van der Waals surface area contributed by atoms with Crippen molar-refractivity contribution in [3.05, 3.63) is 11.5 Å². The summed E-state index contributed by atoms with van der Waals surface area (Å²) in [7, 11) is 1.66. The van der Waals surface area contributed by atoms with Gasteiger partial charge in [-0.15, -0.1) is 0 Å². The number of hydrogen-bond acceptors (Lipinski definition) is 5. The third kappa shape index (κ3) is 3.47. The van der Waals surface area contributed by atoms with Gasteiger partial charge < -0.3 is 19.8 Å². The molecule has 0 aliphatic rings. The quantitative estimate of drug-likeness (QED) is 0.763. The van der Waals surface area contributed by atoms with E-state index in [1.165, 1.54) is 0 Å². The lowest BCUT2D eigenvalue weighted by Gasteiger charge is -2.17. The van der Waals surface area contributed by atoms with Gasteiger partial charge in [0.1, 0.15) is 11.6 Å². The monoisotopic (exact) mass is 269 g/mol. The van der Waals surface area contributed by atoms with Gasteiger partial charge in [-0.25, -0.2) is 9.78 Å². The summed E-state index contributed by atoms with van der Waals surface area (Å²) in [6, 6.07) is 0.130. The molecule has 1 atom stereocenters. The first kappa shape index (κ1) is 15.5. The van der Waals surface area contributed by atoms with E-state index in [-0.39, 0.29) is 11.7 Å². The Balaban J connectivity index is 3.06. The molecule has 2 N–H and O–H groups in total. The highest BCUT2D eigenvalue weighted by Crippen LogP contribution is 2.23. The molecule has 108 valence electrons. The van der Waals surface area contributed by atoms with Crippen molar-refractivity contribution in [1.82, 2.24) is 9.55 Å². The molecule has 1 aromatic rings. The Morgan fingerprint density at radius 2 is 2.16 bits per heavy atom. The van der Waals surface area contributed by atoms with Crippen LogP contribution in [0.2, 0.25) is 0 Å². The van der Waals surface area contributed by atoms with Crippen LogP contribution < -0.4 is 5.73 Å². The molecule has 1 unspecified atom stereocenters. The summed E-state index contributed by atoms with van der Waals surface area (Å²) in [5.74, 6) is 0.704. The lowest BCUT2D eigenvalue weighted by molar-refractivity contribution is 0.0521. The van der Waals surface area contributed by atoms with E-state index in [2.05, 4.69) is 4.98 Å². The molecule has 1 heterocycles. The van der Waals surface area contributed by atoms with Crippen LogP contribution in [0.4, 0.5) is 5.82 Å². The highest BCUT2D eigenvalue weighted by atomic mass is 16.5. The molecule has 19 heavy (non-hydrogen) atoms. The molecule has 0 aliphatic heterocycles. The smallest absolute Gasteiger partial charge is 0.360 e. The number of methoxy groups -OCH3 is 1. The number of nitrogens with two attached hydrogens (primary N) is 1. The minimum Gasteiger partial charge on any atom is -0.461 e. The molecule has 0 saturated heterocycles. The first-order chi connectivity index (χ1) is 9.06. The van der Waals surface area contributed by atoms with E-state index in [0.29, 0.717) is 25.5 Å². The molecule has 0 saturated carbocycles. The van der Waals surface area contributed by atoms with Gasteiger partial charge in [0, 0.05) is 26.2 Å². The molecule has 1 rings (SSSR count). The second-order valence-electron chi connectivity index (χ2n) is 4.34. The maximum Gasteiger partial charge on any atom is 0.360 e. The zero-order valence-electron chi connectivity index (χ0n) is 12.1. The van der Waals surface area contributed by atoms with Crippen molar-refractivity contribution in [2.24, 2.45) is 0 Å². The minimum absolute atomic E-state index is 0.130. The van der Waals surface area contributed by atoms with E-state index >= 15 is 0 Å². The Kier molecular flexibility index (Phi) is 5.82.